The number of likely N-dealkylation sites (tertiary alicyclic amines) is 1. The molecule has 3 aliphatic rings. The predicted molar refractivity (Wildman–Crippen MR) is 110 cm³/mol. The SMILES string of the molecule is C=C(C(=O)NO)C1(N2CCC3(C2)NCCC3C(=O)c2ccccc2F)C=CC=CC1. The van der Waals surface area contributed by atoms with Gasteiger partial charge in [0.2, 0.25) is 0 Å². The molecule has 6 nitrogen and oxygen atoms in total. The quantitative estimate of drug-likeness (QED) is 0.300. The van der Waals surface area contributed by atoms with Crippen LogP contribution in [0.25, 0.3) is 0 Å². The molecule has 0 radical (unpaired) electrons. The first kappa shape index (κ1) is 20.7. The van der Waals surface area contributed by atoms with E-state index in [9.17, 15) is 14.0 Å². The van der Waals surface area contributed by atoms with Crippen molar-refractivity contribution in [1.29, 1.82) is 0 Å². The number of hydroxylamine groups is 1. The number of Topliss-reactive ketones (excluding diaryl/α,β-unsaturated/α-hetero) is 1. The monoisotopic (exact) mass is 411 g/mol. The second-order valence-corrected chi connectivity index (χ2v) is 8.27. The lowest BCUT2D eigenvalue weighted by molar-refractivity contribution is -0.126. The fourth-order valence-corrected chi connectivity index (χ4v) is 5.22. The van der Waals surface area contributed by atoms with Gasteiger partial charge in [-0.1, -0.05) is 43.0 Å². The van der Waals surface area contributed by atoms with Crippen LogP contribution in [-0.2, 0) is 4.79 Å². The van der Waals surface area contributed by atoms with Gasteiger partial charge in [-0.15, -0.1) is 0 Å². The average Bonchev–Trinajstić information content (AvgIpc) is 3.40. The number of nitrogens with one attached hydrogen (secondary N) is 2. The number of halogens is 1. The average molecular weight is 411 g/mol. The molecule has 2 heterocycles. The van der Waals surface area contributed by atoms with Crippen molar-refractivity contribution in [3.8, 4) is 0 Å². The van der Waals surface area contributed by atoms with Crippen LogP contribution in [0, 0.1) is 11.7 Å². The number of carbonyl (C=O) groups is 2. The van der Waals surface area contributed by atoms with E-state index in [1.165, 1.54) is 6.07 Å². The summed E-state index contributed by atoms with van der Waals surface area (Å²) < 4.78 is 14.3. The summed E-state index contributed by atoms with van der Waals surface area (Å²) in [6, 6.07) is 6.11. The minimum absolute atomic E-state index is 0.128. The Kier molecular flexibility index (Phi) is 5.44. The summed E-state index contributed by atoms with van der Waals surface area (Å²) in [4.78, 5) is 27.6. The van der Waals surface area contributed by atoms with Crippen molar-refractivity contribution in [2.45, 2.75) is 30.3 Å². The lowest BCUT2D eigenvalue weighted by Gasteiger charge is -2.42. The van der Waals surface area contributed by atoms with Crippen molar-refractivity contribution in [3.63, 3.8) is 0 Å². The largest absolute Gasteiger partial charge is 0.309 e. The molecule has 0 saturated carbocycles. The Morgan fingerprint density at radius 3 is 2.80 bits per heavy atom. The third kappa shape index (κ3) is 3.23. The van der Waals surface area contributed by atoms with Gasteiger partial charge in [-0.25, -0.2) is 9.87 Å². The maximum absolute atomic E-state index is 14.3. The molecule has 2 aliphatic heterocycles. The zero-order chi connectivity index (χ0) is 21.4. The van der Waals surface area contributed by atoms with E-state index in [-0.39, 0.29) is 22.8 Å². The maximum atomic E-state index is 14.3. The van der Waals surface area contributed by atoms with Crippen LogP contribution in [0.2, 0.25) is 0 Å². The number of carbonyl (C=O) groups excluding carboxylic acids is 2. The van der Waals surface area contributed by atoms with Crippen LogP contribution in [0.15, 0.2) is 60.7 Å². The first-order valence-electron chi connectivity index (χ1n) is 10.2. The highest BCUT2D eigenvalue weighted by molar-refractivity contribution is 5.99. The summed E-state index contributed by atoms with van der Waals surface area (Å²) in [5, 5.41) is 12.7. The highest BCUT2D eigenvalue weighted by Gasteiger charge is 2.54. The van der Waals surface area contributed by atoms with Crippen LogP contribution >= 0.6 is 0 Å². The standard InChI is InChI=1S/C23H26FN3O3/c1-16(21(29)26-30)23(10-5-2-6-11-23)27-14-12-22(15-27)18(9-13-25-22)20(28)17-7-3-4-8-19(17)24/h2-8,10,18,25,30H,1,9,11-15H2,(H,26,29). The molecule has 158 valence electrons. The Labute approximate surface area is 175 Å². The van der Waals surface area contributed by atoms with Crippen molar-refractivity contribution in [2.75, 3.05) is 19.6 Å². The first-order valence-corrected chi connectivity index (χ1v) is 10.2. The van der Waals surface area contributed by atoms with Crippen LogP contribution in [0.5, 0.6) is 0 Å². The van der Waals surface area contributed by atoms with Gasteiger partial charge in [0, 0.05) is 30.1 Å². The van der Waals surface area contributed by atoms with E-state index in [1.54, 1.807) is 23.7 Å². The Morgan fingerprint density at radius 2 is 2.10 bits per heavy atom. The van der Waals surface area contributed by atoms with Crippen LogP contribution < -0.4 is 10.8 Å². The van der Waals surface area contributed by atoms with Crippen molar-refractivity contribution in [1.82, 2.24) is 15.7 Å². The van der Waals surface area contributed by atoms with Gasteiger partial charge in [-0.2, -0.15) is 0 Å². The zero-order valence-corrected chi connectivity index (χ0v) is 16.7. The number of amides is 1. The highest BCUT2D eigenvalue weighted by atomic mass is 19.1. The molecular weight excluding hydrogens is 385 g/mol. The van der Waals surface area contributed by atoms with Crippen molar-refractivity contribution in [2.24, 2.45) is 5.92 Å². The summed E-state index contributed by atoms with van der Waals surface area (Å²) in [5.41, 5.74) is 0.802. The fourth-order valence-electron chi connectivity index (χ4n) is 5.22. The minimum atomic E-state index is -0.777. The second kappa shape index (κ2) is 7.91. The summed E-state index contributed by atoms with van der Waals surface area (Å²) in [6.45, 7) is 5.80. The molecule has 30 heavy (non-hydrogen) atoms. The third-order valence-corrected chi connectivity index (χ3v) is 6.84. The van der Waals surface area contributed by atoms with E-state index in [0.29, 0.717) is 38.9 Å². The Morgan fingerprint density at radius 1 is 1.30 bits per heavy atom. The third-order valence-electron chi connectivity index (χ3n) is 6.84. The molecule has 1 aliphatic carbocycles. The number of rotatable bonds is 5. The lowest BCUT2D eigenvalue weighted by atomic mass is 9.78. The van der Waals surface area contributed by atoms with Crippen molar-refractivity contribution in [3.05, 3.63) is 72.1 Å². The second-order valence-electron chi connectivity index (χ2n) is 8.27. The normalized spacial score (nSPS) is 30.7. The van der Waals surface area contributed by atoms with Crippen molar-refractivity contribution < 1.29 is 19.2 Å². The molecule has 1 aromatic rings. The molecule has 1 spiro atoms. The Hall–Kier alpha value is -2.61. The number of benzene rings is 1. The molecule has 1 aromatic carbocycles. The van der Waals surface area contributed by atoms with E-state index >= 15 is 0 Å². The summed E-state index contributed by atoms with van der Waals surface area (Å²) in [7, 11) is 0. The molecule has 1 amide bonds. The van der Waals surface area contributed by atoms with E-state index in [1.807, 2.05) is 24.3 Å². The van der Waals surface area contributed by atoms with E-state index in [4.69, 9.17) is 5.21 Å². The number of hydrogen-bond donors (Lipinski definition) is 3. The fraction of sp³-hybridized carbons (Fsp3) is 0.391. The van der Waals surface area contributed by atoms with Gasteiger partial charge in [0.25, 0.3) is 5.91 Å². The highest BCUT2D eigenvalue weighted by Crippen LogP contribution is 2.43. The van der Waals surface area contributed by atoms with E-state index < -0.39 is 22.8 Å². The van der Waals surface area contributed by atoms with Gasteiger partial charge in [-0.3, -0.25) is 19.7 Å². The van der Waals surface area contributed by atoms with Gasteiger partial charge in [0.05, 0.1) is 11.1 Å². The van der Waals surface area contributed by atoms with Gasteiger partial charge in [-0.05, 0) is 37.9 Å². The first-order chi connectivity index (χ1) is 14.4. The topological polar surface area (TPSA) is 81.7 Å². The molecule has 7 heteroatoms. The number of hydrogen-bond acceptors (Lipinski definition) is 5. The Balaban J connectivity index is 1.63. The van der Waals surface area contributed by atoms with Crippen molar-refractivity contribution >= 4 is 11.7 Å². The molecule has 3 unspecified atom stereocenters. The van der Waals surface area contributed by atoms with E-state index in [0.717, 1.165) is 0 Å². The Bertz CT molecular complexity index is 943. The van der Waals surface area contributed by atoms with Gasteiger partial charge in [0.15, 0.2) is 5.78 Å². The van der Waals surface area contributed by atoms with Gasteiger partial charge < -0.3 is 5.32 Å². The van der Waals surface area contributed by atoms with Crippen LogP contribution in [0.3, 0.4) is 0 Å². The molecular formula is C23H26FN3O3. The summed E-state index contributed by atoms with van der Waals surface area (Å²) >= 11 is 0. The molecule has 2 fully saturated rings. The molecule has 0 bridgehead atoms. The maximum Gasteiger partial charge on any atom is 0.272 e. The summed E-state index contributed by atoms with van der Waals surface area (Å²) in [5.74, 6) is -1.65. The lowest BCUT2D eigenvalue weighted by Crippen LogP contribution is -2.55. The molecule has 4 rings (SSSR count). The van der Waals surface area contributed by atoms with Crippen LogP contribution in [0.1, 0.15) is 29.6 Å². The smallest absolute Gasteiger partial charge is 0.272 e. The van der Waals surface area contributed by atoms with Crippen LogP contribution in [-0.4, -0.2) is 52.5 Å². The van der Waals surface area contributed by atoms with Gasteiger partial charge in [0.1, 0.15) is 5.82 Å². The molecule has 3 atom stereocenters. The van der Waals surface area contributed by atoms with E-state index in [2.05, 4.69) is 16.8 Å². The molecule has 2 saturated heterocycles. The molecule has 3 N–H and O–H groups in total. The molecule has 0 aromatic heterocycles. The minimum Gasteiger partial charge on any atom is -0.309 e. The number of nitrogens with zero attached hydrogens (tertiary/aromatic N) is 1. The predicted octanol–water partition coefficient (Wildman–Crippen LogP) is 2.38. The number of allylic oxidation sites excluding steroid dienone is 2. The van der Waals surface area contributed by atoms with Crippen LogP contribution in [0.4, 0.5) is 4.39 Å². The van der Waals surface area contributed by atoms with Gasteiger partial charge >= 0.3 is 0 Å². The zero-order valence-electron chi connectivity index (χ0n) is 16.7. The number of ketones is 1. The summed E-state index contributed by atoms with van der Waals surface area (Å²) in [6.07, 6.45) is 9.54.